The second-order valence-electron chi connectivity index (χ2n) is 6.73. The van der Waals surface area contributed by atoms with Crippen molar-refractivity contribution in [3.8, 4) is 0 Å². The third kappa shape index (κ3) is 3.63. The summed E-state index contributed by atoms with van der Waals surface area (Å²) in [6.45, 7) is 0.876. The van der Waals surface area contributed by atoms with E-state index >= 15 is 0 Å². The summed E-state index contributed by atoms with van der Waals surface area (Å²) < 4.78 is 5.53. The van der Waals surface area contributed by atoms with Crippen LogP contribution in [0.2, 0.25) is 10.0 Å². The Bertz CT molecular complexity index is 966. The average Bonchev–Trinajstić information content (AvgIpc) is 3.24. The number of ether oxygens (including phenoxy) is 1. The Hall–Kier alpha value is -2.41. The molecule has 1 saturated heterocycles. The van der Waals surface area contributed by atoms with Crippen LogP contribution in [0.15, 0.2) is 36.4 Å². The summed E-state index contributed by atoms with van der Waals surface area (Å²) in [5, 5.41) is 3.47. The maximum Gasteiger partial charge on any atom is 0.261 e. The first-order chi connectivity index (χ1) is 13.4. The van der Waals surface area contributed by atoms with Gasteiger partial charge in [-0.3, -0.25) is 19.3 Å². The SMILES string of the molecule is O=C(Nc1cc(Cl)cc(Cl)c1)c1ccc2c(c1)C(=O)N(CC1CCCO1)C2=O. The number of carbonyl (C=O) groups is 3. The minimum absolute atomic E-state index is 0.127. The molecule has 3 amide bonds. The molecule has 0 radical (unpaired) electrons. The number of benzene rings is 2. The van der Waals surface area contributed by atoms with Gasteiger partial charge in [-0.1, -0.05) is 23.2 Å². The van der Waals surface area contributed by atoms with E-state index in [-0.39, 0.29) is 29.7 Å². The van der Waals surface area contributed by atoms with E-state index in [1.807, 2.05) is 0 Å². The highest BCUT2D eigenvalue weighted by atomic mass is 35.5. The Morgan fingerprint density at radius 3 is 2.46 bits per heavy atom. The van der Waals surface area contributed by atoms with Crippen molar-refractivity contribution in [2.24, 2.45) is 0 Å². The van der Waals surface area contributed by atoms with Gasteiger partial charge in [0.2, 0.25) is 0 Å². The molecule has 0 saturated carbocycles. The molecule has 0 bridgehead atoms. The fourth-order valence-corrected chi connectivity index (χ4v) is 3.95. The van der Waals surface area contributed by atoms with Crippen LogP contribution in [0.3, 0.4) is 0 Å². The molecule has 0 spiro atoms. The largest absolute Gasteiger partial charge is 0.376 e. The first-order valence-corrected chi connectivity index (χ1v) is 9.57. The highest BCUT2D eigenvalue weighted by Gasteiger charge is 2.37. The third-order valence-corrected chi connectivity index (χ3v) is 5.20. The maximum atomic E-state index is 12.7. The van der Waals surface area contributed by atoms with Gasteiger partial charge in [-0.25, -0.2) is 0 Å². The van der Waals surface area contributed by atoms with Crippen molar-refractivity contribution in [2.45, 2.75) is 18.9 Å². The summed E-state index contributed by atoms with van der Waals surface area (Å²) in [6, 6.07) is 9.15. The minimum Gasteiger partial charge on any atom is -0.376 e. The lowest BCUT2D eigenvalue weighted by Crippen LogP contribution is -2.36. The molecule has 8 heteroatoms. The van der Waals surface area contributed by atoms with Crippen LogP contribution in [0, 0.1) is 0 Å². The van der Waals surface area contributed by atoms with Crippen LogP contribution in [0.25, 0.3) is 0 Å². The molecule has 2 aromatic carbocycles. The first kappa shape index (κ1) is 18.9. The summed E-state index contributed by atoms with van der Waals surface area (Å²) >= 11 is 11.9. The van der Waals surface area contributed by atoms with Crippen LogP contribution < -0.4 is 5.32 Å². The van der Waals surface area contributed by atoms with Crippen molar-refractivity contribution in [1.29, 1.82) is 0 Å². The van der Waals surface area contributed by atoms with Crippen LogP contribution in [0.5, 0.6) is 0 Å². The monoisotopic (exact) mass is 418 g/mol. The number of halogens is 2. The number of nitrogens with zero attached hydrogens (tertiary/aromatic N) is 1. The highest BCUT2D eigenvalue weighted by molar-refractivity contribution is 6.35. The standard InChI is InChI=1S/C20H16Cl2N2O4/c21-12-7-13(22)9-14(8-12)23-18(25)11-3-4-16-17(6-11)20(27)24(19(16)26)10-15-2-1-5-28-15/h3-4,6-9,15H,1-2,5,10H2,(H,23,25). The van der Waals surface area contributed by atoms with Gasteiger partial charge < -0.3 is 10.1 Å². The van der Waals surface area contributed by atoms with Gasteiger partial charge in [0.1, 0.15) is 0 Å². The van der Waals surface area contributed by atoms with E-state index in [2.05, 4.69) is 5.32 Å². The second-order valence-corrected chi connectivity index (χ2v) is 7.60. The number of nitrogens with one attached hydrogen (secondary N) is 1. The predicted molar refractivity (Wildman–Crippen MR) is 105 cm³/mol. The molecule has 2 aliphatic rings. The molecule has 1 N–H and O–H groups in total. The van der Waals surface area contributed by atoms with Gasteiger partial charge in [0, 0.05) is 27.9 Å². The fourth-order valence-electron chi connectivity index (χ4n) is 3.42. The molecule has 0 aliphatic carbocycles. The van der Waals surface area contributed by atoms with Crippen LogP contribution in [-0.4, -0.2) is 41.9 Å². The minimum atomic E-state index is -0.432. The lowest BCUT2D eigenvalue weighted by Gasteiger charge is -2.17. The third-order valence-electron chi connectivity index (χ3n) is 4.76. The zero-order valence-corrected chi connectivity index (χ0v) is 16.2. The number of carbonyl (C=O) groups excluding carboxylic acids is 3. The predicted octanol–water partition coefficient (Wildman–Crippen LogP) is 4.02. The zero-order valence-electron chi connectivity index (χ0n) is 14.7. The molecule has 28 heavy (non-hydrogen) atoms. The number of hydrogen-bond donors (Lipinski definition) is 1. The molecule has 6 nitrogen and oxygen atoms in total. The Kier molecular flexibility index (Phi) is 5.10. The number of fused-ring (bicyclic) bond motifs is 1. The van der Waals surface area contributed by atoms with Gasteiger partial charge in [-0.05, 0) is 49.2 Å². The van der Waals surface area contributed by atoms with E-state index in [0.29, 0.717) is 27.9 Å². The molecule has 2 aliphatic heterocycles. The molecule has 144 valence electrons. The highest BCUT2D eigenvalue weighted by Crippen LogP contribution is 2.27. The lowest BCUT2D eigenvalue weighted by atomic mass is 10.1. The molecular formula is C20H16Cl2N2O4. The van der Waals surface area contributed by atoms with Crippen molar-refractivity contribution in [2.75, 3.05) is 18.5 Å². The fraction of sp³-hybridized carbons (Fsp3) is 0.250. The summed E-state index contributed by atoms with van der Waals surface area (Å²) in [4.78, 5) is 39.0. The van der Waals surface area contributed by atoms with Crippen LogP contribution in [0.1, 0.15) is 43.9 Å². The quantitative estimate of drug-likeness (QED) is 0.760. The second kappa shape index (κ2) is 7.54. The number of anilines is 1. The molecule has 1 atom stereocenters. The number of imide groups is 1. The van der Waals surface area contributed by atoms with Gasteiger partial charge in [-0.2, -0.15) is 0 Å². The van der Waals surface area contributed by atoms with Gasteiger partial charge >= 0.3 is 0 Å². The summed E-state index contributed by atoms with van der Waals surface area (Å²) in [6.07, 6.45) is 1.62. The van der Waals surface area contributed by atoms with Crippen molar-refractivity contribution < 1.29 is 19.1 Å². The Morgan fingerprint density at radius 2 is 1.79 bits per heavy atom. The van der Waals surface area contributed by atoms with Crippen molar-refractivity contribution in [1.82, 2.24) is 4.90 Å². The number of hydrogen-bond acceptors (Lipinski definition) is 4. The van der Waals surface area contributed by atoms with Gasteiger partial charge in [0.05, 0.1) is 23.8 Å². The smallest absolute Gasteiger partial charge is 0.261 e. The molecule has 0 aromatic heterocycles. The summed E-state index contributed by atoms with van der Waals surface area (Å²) in [5.74, 6) is -1.20. The lowest BCUT2D eigenvalue weighted by molar-refractivity contribution is 0.0475. The van der Waals surface area contributed by atoms with E-state index in [4.69, 9.17) is 27.9 Å². The van der Waals surface area contributed by atoms with E-state index in [9.17, 15) is 14.4 Å². The first-order valence-electron chi connectivity index (χ1n) is 8.81. The Morgan fingerprint density at radius 1 is 1.07 bits per heavy atom. The van der Waals surface area contributed by atoms with Crippen LogP contribution >= 0.6 is 23.2 Å². The molecule has 4 rings (SSSR count). The van der Waals surface area contributed by atoms with Crippen LogP contribution in [0.4, 0.5) is 5.69 Å². The van der Waals surface area contributed by atoms with E-state index in [1.165, 1.54) is 23.1 Å². The van der Waals surface area contributed by atoms with E-state index in [1.54, 1.807) is 18.2 Å². The maximum absolute atomic E-state index is 12.7. The Labute approximate surface area is 171 Å². The zero-order chi connectivity index (χ0) is 19.8. The topological polar surface area (TPSA) is 75.7 Å². The summed E-state index contributed by atoms with van der Waals surface area (Å²) in [7, 11) is 0. The van der Waals surface area contributed by atoms with E-state index < -0.39 is 11.8 Å². The van der Waals surface area contributed by atoms with Gasteiger partial charge in [0.25, 0.3) is 17.7 Å². The van der Waals surface area contributed by atoms with E-state index in [0.717, 1.165) is 12.8 Å². The normalized spacial score (nSPS) is 18.5. The van der Waals surface area contributed by atoms with Crippen LogP contribution in [-0.2, 0) is 4.74 Å². The number of rotatable bonds is 4. The van der Waals surface area contributed by atoms with Crippen molar-refractivity contribution in [3.05, 3.63) is 63.1 Å². The Balaban J connectivity index is 1.54. The number of amides is 3. The molecule has 1 fully saturated rings. The molecule has 2 aromatic rings. The summed E-state index contributed by atoms with van der Waals surface area (Å²) in [5.41, 5.74) is 1.21. The van der Waals surface area contributed by atoms with Crippen molar-refractivity contribution >= 4 is 46.6 Å². The molecule has 1 unspecified atom stereocenters. The van der Waals surface area contributed by atoms with Crippen molar-refractivity contribution in [3.63, 3.8) is 0 Å². The van der Waals surface area contributed by atoms with Gasteiger partial charge in [0.15, 0.2) is 0 Å². The van der Waals surface area contributed by atoms with Gasteiger partial charge in [-0.15, -0.1) is 0 Å². The average molecular weight is 419 g/mol. The molecular weight excluding hydrogens is 403 g/mol. The molecule has 2 heterocycles.